The summed E-state index contributed by atoms with van der Waals surface area (Å²) in [5.74, 6) is 0.705. The van der Waals surface area contributed by atoms with E-state index in [2.05, 4.69) is 36.3 Å². The maximum Gasteiger partial charge on any atom is 0.344 e. The number of hydrogen-bond acceptors (Lipinski definition) is 6. The quantitative estimate of drug-likeness (QED) is 0.725. The Balaban J connectivity index is 1.80. The number of carbonyl (C=O) groups is 1. The number of tetrazole rings is 1. The van der Waals surface area contributed by atoms with E-state index in [4.69, 9.17) is 9.47 Å². The summed E-state index contributed by atoms with van der Waals surface area (Å²) in [7, 11) is 0. The molecule has 1 aromatic heterocycles. The Morgan fingerprint density at radius 2 is 1.92 bits per heavy atom. The first-order chi connectivity index (χ1) is 11.4. The molecule has 7 heteroatoms. The van der Waals surface area contributed by atoms with Crippen molar-refractivity contribution in [3.05, 3.63) is 35.7 Å². The Labute approximate surface area is 142 Å². The second-order valence-corrected chi connectivity index (χ2v) is 6.54. The molecular formula is C17H24N4O3. The fourth-order valence-electron chi connectivity index (χ4n) is 2.09. The number of hydrogen-bond donors (Lipinski definition) is 0. The third kappa shape index (κ3) is 5.04. The van der Waals surface area contributed by atoms with Crippen molar-refractivity contribution in [1.82, 2.24) is 20.2 Å². The summed E-state index contributed by atoms with van der Waals surface area (Å²) in [5.41, 5.74) is 1.29. The van der Waals surface area contributed by atoms with Crippen LogP contribution in [0.1, 0.15) is 45.5 Å². The topological polar surface area (TPSA) is 79.1 Å². The van der Waals surface area contributed by atoms with Gasteiger partial charge in [0.1, 0.15) is 5.75 Å². The van der Waals surface area contributed by atoms with E-state index in [1.807, 2.05) is 31.2 Å². The van der Waals surface area contributed by atoms with Crippen molar-refractivity contribution in [2.75, 3.05) is 6.61 Å². The van der Waals surface area contributed by atoms with Crippen LogP contribution in [0, 0.1) is 0 Å². The van der Waals surface area contributed by atoms with Gasteiger partial charge in [-0.3, -0.25) is 0 Å². The minimum absolute atomic E-state index is 0.0398. The smallest absolute Gasteiger partial charge is 0.344 e. The van der Waals surface area contributed by atoms with E-state index in [0.29, 0.717) is 18.1 Å². The molecule has 0 fully saturated rings. The zero-order valence-electron chi connectivity index (χ0n) is 14.7. The summed E-state index contributed by atoms with van der Waals surface area (Å²) in [6.07, 6.45) is 0.902. The van der Waals surface area contributed by atoms with E-state index in [1.54, 1.807) is 4.68 Å². The van der Waals surface area contributed by atoms with Crippen molar-refractivity contribution >= 4 is 5.97 Å². The molecular weight excluding hydrogens is 308 g/mol. The van der Waals surface area contributed by atoms with E-state index < -0.39 is 5.97 Å². The molecule has 0 bridgehead atoms. The number of aryl methyl sites for hydroxylation is 1. The van der Waals surface area contributed by atoms with Gasteiger partial charge in [-0.2, -0.15) is 0 Å². The SMILES string of the molecule is CCCn1nnnc1COC(=O)COc1ccc(C(C)(C)C)cc1. The van der Waals surface area contributed by atoms with Crippen molar-refractivity contribution in [3.63, 3.8) is 0 Å². The third-order valence-corrected chi connectivity index (χ3v) is 3.48. The number of carbonyl (C=O) groups excluding carboxylic acids is 1. The molecule has 7 nitrogen and oxygen atoms in total. The molecule has 0 aliphatic carbocycles. The van der Waals surface area contributed by atoms with Crippen LogP contribution in [0.25, 0.3) is 0 Å². The molecule has 130 valence electrons. The summed E-state index contributed by atoms with van der Waals surface area (Å²) >= 11 is 0. The van der Waals surface area contributed by atoms with Gasteiger partial charge in [0.05, 0.1) is 0 Å². The summed E-state index contributed by atoms with van der Waals surface area (Å²) in [4.78, 5) is 11.8. The molecule has 1 heterocycles. The fraction of sp³-hybridized carbons (Fsp3) is 0.529. The third-order valence-electron chi connectivity index (χ3n) is 3.48. The number of rotatable bonds is 7. The highest BCUT2D eigenvalue weighted by atomic mass is 16.6. The van der Waals surface area contributed by atoms with Crippen molar-refractivity contribution in [2.24, 2.45) is 0 Å². The van der Waals surface area contributed by atoms with Gasteiger partial charge in [0.15, 0.2) is 19.0 Å². The van der Waals surface area contributed by atoms with Crippen LogP contribution < -0.4 is 4.74 Å². The first-order valence-electron chi connectivity index (χ1n) is 8.04. The lowest BCUT2D eigenvalue weighted by atomic mass is 9.87. The normalized spacial score (nSPS) is 11.3. The average Bonchev–Trinajstić information content (AvgIpc) is 2.98. The van der Waals surface area contributed by atoms with Crippen LogP contribution in [0.2, 0.25) is 0 Å². The highest BCUT2D eigenvalue weighted by Crippen LogP contribution is 2.24. The Kier molecular flexibility index (Phi) is 5.89. The molecule has 0 N–H and O–H groups in total. The van der Waals surface area contributed by atoms with E-state index in [1.165, 1.54) is 5.56 Å². The number of benzene rings is 1. The standard InChI is InChI=1S/C17H24N4O3/c1-5-10-21-15(18-19-20-21)11-24-16(22)12-23-14-8-6-13(7-9-14)17(2,3)4/h6-9H,5,10-12H2,1-4H3. The van der Waals surface area contributed by atoms with Crippen molar-refractivity contribution < 1.29 is 14.3 Å². The van der Waals surface area contributed by atoms with E-state index in [0.717, 1.165) is 6.42 Å². The van der Waals surface area contributed by atoms with Crippen molar-refractivity contribution in [3.8, 4) is 5.75 Å². The molecule has 0 aliphatic rings. The summed E-state index contributed by atoms with van der Waals surface area (Å²) in [5, 5.41) is 11.3. The van der Waals surface area contributed by atoms with Gasteiger partial charge in [0, 0.05) is 6.54 Å². The van der Waals surface area contributed by atoms with Crippen molar-refractivity contribution in [2.45, 2.75) is 52.7 Å². The lowest BCUT2D eigenvalue weighted by Gasteiger charge is -2.19. The number of esters is 1. The Hall–Kier alpha value is -2.44. The second-order valence-electron chi connectivity index (χ2n) is 6.54. The van der Waals surface area contributed by atoms with Crippen LogP contribution >= 0.6 is 0 Å². The lowest BCUT2D eigenvalue weighted by molar-refractivity contribution is -0.147. The molecule has 0 radical (unpaired) electrons. The largest absolute Gasteiger partial charge is 0.482 e. The molecule has 1 aromatic carbocycles. The average molecular weight is 332 g/mol. The van der Waals surface area contributed by atoms with Gasteiger partial charge in [0.25, 0.3) is 0 Å². The van der Waals surface area contributed by atoms with Crippen LogP contribution in [0.15, 0.2) is 24.3 Å². The fourth-order valence-corrected chi connectivity index (χ4v) is 2.09. The van der Waals surface area contributed by atoms with Crippen LogP contribution in [-0.2, 0) is 28.1 Å². The number of ether oxygens (including phenoxy) is 2. The van der Waals surface area contributed by atoms with Gasteiger partial charge < -0.3 is 9.47 Å². The minimum Gasteiger partial charge on any atom is -0.482 e. The molecule has 0 unspecified atom stereocenters. The van der Waals surface area contributed by atoms with Crippen LogP contribution in [0.5, 0.6) is 5.75 Å². The number of aromatic nitrogens is 4. The first-order valence-corrected chi connectivity index (χ1v) is 8.04. The predicted octanol–water partition coefficient (Wildman–Crippen LogP) is 2.50. The Morgan fingerprint density at radius 1 is 1.21 bits per heavy atom. The summed E-state index contributed by atoms with van der Waals surface area (Å²) < 4.78 is 12.2. The van der Waals surface area contributed by atoms with Crippen LogP contribution in [0.3, 0.4) is 0 Å². The first kappa shape index (κ1) is 17.9. The zero-order chi connectivity index (χ0) is 17.6. The maximum atomic E-state index is 11.8. The minimum atomic E-state index is -0.457. The highest BCUT2D eigenvalue weighted by molar-refractivity contribution is 5.71. The van der Waals surface area contributed by atoms with Gasteiger partial charge in [-0.1, -0.05) is 39.8 Å². The van der Waals surface area contributed by atoms with Gasteiger partial charge >= 0.3 is 5.97 Å². The van der Waals surface area contributed by atoms with E-state index in [-0.39, 0.29) is 18.6 Å². The molecule has 0 atom stereocenters. The van der Waals surface area contributed by atoms with Gasteiger partial charge in [0.2, 0.25) is 0 Å². The van der Waals surface area contributed by atoms with Gasteiger partial charge in [-0.25, -0.2) is 9.48 Å². The lowest BCUT2D eigenvalue weighted by Crippen LogP contribution is -2.17. The molecule has 0 saturated carbocycles. The second kappa shape index (κ2) is 7.90. The molecule has 2 aromatic rings. The molecule has 2 rings (SSSR count). The predicted molar refractivity (Wildman–Crippen MR) is 88.5 cm³/mol. The Bertz CT molecular complexity index is 659. The molecule has 24 heavy (non-hydrogen) atoms. The van der Waals surface area contributed by atoms with Crippen LogP contribution in [0.4, 0.5) is 0 Å². The zero-order valence-corrected chi connectivity index (χ0v) is 14.7. The summed E-state index contributed by atoms with van der Waals surface area (Å²) in [6, 6.07) is 7.71. The highest BCUT2D eigenvalue weighted by Gasteiger charge is 2.14. The maximum absolute atomic E-state index is 11.8. The van der Waals surface area contributed by atoms with E-state index >= 15 is 0 Å². The van der Waals surface area contributed by atoms with Gasteiger partial charge in [-0.05, 0) is 40.0 Å². The van der Waals surface area contributed by atoms with Crippen molar-refractivity contribution in [1.29, 1.82) is 0 Å². The molecule has 0 amide bonds. The number of nitrogens with zero attached hydrogens (tertiary/aromatic N) is 4. The Morgan fingerprint density at radius 3 is 2.54 bits per heavy atom. The van der Waals surface area contributed by atoms with Crippen LogP contribution in [-0.4, -0.2) is 32.8 Å². The molecule has 0 spiro atoms. The monoisotopic (exact) mass is 332 g/mol. The van der Waals surface area contributed by atoms with Gasteiger partial charge in [-0.15, -0.1) is 5.10 Å². The molecule has 0 aliphatic heterocycles. The summed E-state index contributed by atoms with van der Waals surface area (Å²) in [6.45, 7) is 9.04. The van der Waals surface area contributed by atoms with E-state index in [9.17, 15) is 4.79 Å². The molecule has 0 saturated heterocycles.